The number of alkyl halides is 3. The van der Waals surface area contributed by atoms with Crippen molar-refractivity contribution in [3.05, 3.63) is 68.9 Å². The van der Waals surface area contributed by atoms with E-state index >= 15 is 0 Å². The highest BCUT2D eigenvalue weighted by Crippen LogP contribution is 2.44. The van der Waals surface area contributed by atoms with Gasteiger partial charge in [0.2, 0.25) is 0 Å². The van der Waals surface area contributed by atoms with E-state index in [0.717, 1.165) is 25.5 Å². The average Bonchev–Trinajstić information content (AvgIpc) is 3.66. The van der Waals surface area contributed by atoms with Gasteiger partial charge in [0.1, 0.15) is 12.4 Å². The van der Waals surface area contributed by atoms with Crippen LogP contribution in [0, 0.1) is 0 Å². The Bertz CT molecular complexity index is 1810. The molecule has 0 saturated carbocycles. The van der Waals surface area contributed by atoms with Gasteiger partial charge in [-0.3, -0.25) is 14.4 Å². The normalized spacial score (nSPS) is 23.3. The number of carbonyl (C=O) groups is 1. The third-order valence-electron chi connectivity index (χ3n) is 9.94. The minimum atomic E-state index is -4.61. The van der Waals surface area contributed by atoms with Crippen molar-refractivity contribution in [2.45, 2.75) is 69.6 Å². The van der Waals surface area contributed by atoms with Crippen LogP contribution < -0.4 is 15.4 Å². The number of anilines is 2. The van der Waals surface area contributed by atoms with Crippen molar-refractivity contribution in [3.8, 4) is 6.01 Å². The van der Waals surface area contributed by atoms with Crippen LogP contribution in [0.2, 0.25) is 5.02 Å². The Kier molecular flexibility index (Phi) is 8.72. The average molecular weight is 705 g/mol. The standard InChI is InChI=1S/C33H37ClF4N8O3/c1-43(2)30(47)28-27(34)25-16-44(8-4-10-46(25)42-28)29-22-17-48-26(21-11-20(39)5-6-23(21)33(36,37)38)12-24(22)40-31(41-29)49-18-32-7-3-9-45(32)15-19(13-32)14-35/h5-6,11,14,26H,3-4,7-10,12-13,15-18,39H2,1-2H3/b19-14-/t26-,32-/m0/s1. The van der Waals surface area contributed by atoms with Crippen molar-refractivity contribution >= 4 is 29.0 Å². The molecular weight excluding hydrogens is 668 g/mol. The molecule has 0 spiro atoms. The molecule has 3 aromatic rings. The molecule has 2 aromatic heterocycles. The van der Waals surface area contributed by atoms with Crippen LogP contribution in [-0.2, 0) is 37.0 Å². The Labute approximate surface area is 285 Å². The van der Waals surface area contributed by atoms with Crippen LogP contribution in [0.1, 0.15) is 70.4 Å². The van der Waals surface area contributed by atoms with E-state index in [2.05, 4.69) is 10.00 Å². The van der Waals surface area contributed by atoms with Gasteiger partial charge in [0, 0.05) is 51.4 Å². The Hall–Kier alpha value is -3.95. The number of carbonyl (C=O) groups excluding carboxylic acids is 1. The number of nitrogens with two attached hydrogens (primary N) is 1. The van der Waals surface area contributed by atoms with Crippen LogP contribution >= 0.6 is 11.6 Å². The van der Waals surface area contributed by atoms with E-state index in [-0.39, 0.29) is 65.6 Å². The number of rotatable bonds is 6. The molecule has 262 valence electrons. The van der Waals surface area contributed by atoms with Gasteiger partial charge in [0.25, 0.3) is 5.91 Å². The lowest BCUT2D eigenvalue weighted by molar-refractivity contribution is -0.139. The quantitative estimate of drug-likeness (QED) is 0.269. The van der Waals surface area contributed by atoms with Crippen LogP contribution in [0.5, 0.6) is 6.01 Å². The first-order valence-electron chi connectivity index (χ1n) is 16.2. The molecule has 0 aliphatic carbocycles. The molecule has 0 bridgehead atoms. The van der Waals surface area contributed by atoms with Gasteiger partial charge >= 0.3 is 12.2 Å². The molecule has 0 radical (unpaired) electrons. The number of amides is 1. The fourth-order valence-electron chi connectivity index (χ4n) is 7.52. The number of benzene rings is 1. The molecule has 0 unspecified atom stereocenters. The predicted octanol–water partition coefficient (Wildman–Crippen LogP) is 5.32. The smallest absolute Gasteiger partial charge is 0.416 e. The van der Waals surface area contributed by atoms with Crippen LogP contribution in [0.3, 0.4) is 0 Å². The van der Waals surface area contributed by atoms with Gasteiger partial charge in [-0.1, -0.05) is 11.6 Å². The Morgan fingerprint density at radius 2 is 2.02 bits per heavy atom. The fourth-order valence-corrected chi connectivity index (χ4v) is 7.80. The van der Waals surface area contributed by atoms with Crippen LogP contribution in [-0.4, -0.2) is 81.3 Å². The maximum atomic E-state index is 14.1. The molecule has 2 atom stereocenters. The van der Waals surface area contributed by atoms with Gasteiger partial charge in [0.05, 0.1) is 53.1 Å². The molecule has 11 nitrogen and oxygen atoms in total. The molecule has 7 rings (SSSR count). The predicted molar refractivity (Wildman–Crippen MR) is 173 cm³/mol. The molecule has 2 fully saturated rings. The SMILES string of the molecule is CN(C)C(=O)c1nn2c(c1Cl)CN(c1nc(OC[C@@]34CCCN3C/C(=C\F)C4)nc3c1CO[C@H](c1cc(N)ccc1C(F)(F)F)C3)CCC2. The minimum Gasteiger partial charge on any atom is -0.461 e. The number of aryl methyl sites for hydroxylation is 1. The number of nitrogens with zero attached hydrogens (tertiary/aromatic N) is 7. The summed E-state index contributed by atoms with van der Waals surface area (Å²) in [6, 6.07) is 3.56. The molecule has 16 heteroatoms. The lowest BCUT2D eigenvalue weighted by Crippen LogP contribution is -2.43. The van der Waals surface area contributed by atoms with E-state index in [4.69, 9.17) is 36.8 Å². The first-order chi connectivity index (χ1) is 23.4. The number of ether oxygens (including phenoxy) is 2. The second-order valence-electron chi connectivity index (χ2n) is 13.4. The lowest BCUT2D eigenvalue weighted by atomic mass is 9.94. The van der Waals surface area contributed by atoms with Crippen LogP contribution in [0.25, 0.3) is 0 Å². The molecule has 2 saturated heterocycles. The maximum Gasteiger partial charge on any atom is 0.416 e. The summed E-state index contributed by atoms with van der Waals surface area (Å²) in [4.78, 5) is 28.0. The largest absolute Gasteiger partial charge is 0.461 e. The van der Waals surface area contributed by atoms with E-state index in [1.54, 1.807) is 18.8 Å². The summed E-state index contributed by atoms with van der Waals surface area (Å²) in [5, 5.41) is 4.76. The fraction of sp³-hybridized carbons (Fsp3) is 0.515. The second-order valence-corrected chi connectivity index (χ2v) is 13.8. The summed E-state index contributed by atoms with van der Waals surface area (Å²) in [5.41, 5.74) is 7.48. The van der Waals surface area contributed by atoms with Gasteiger partial charge in [-0.2, -0.15) is 28.2 Å². The number of halogens is 5. The third kappa shape index (κ3) is 6.20. The Balaban J connectivity index is 1.26. The number of nitrogen functional groups attached to an aromatic ring is 1. The number of aromatic nitrogens is 4. The monoisotopic (exact) mass is 704 g/mol. The minimum absolute atomic E-state index is 0.0216. The van der Waals surface area contributed by atoms with E-state index in [1.807, 2.05) is 4.90 Å². The zero-order valence-corrected chi connectivity index (χ0v) is 28.0. The lowest BCUT2D eigenvalue weighted by Gasteiger charge is -2.33. The van der Waals surface area contributed by atoms with Crippen molar-refractivity contribution in [1.29, 1.82) is 0 Å². The van der Waals surface area contributed by atoms with Crippen molar-refractivity contribution in [2.24, 2.45) is 0 Å². The van der Waals surface area contributed by atoms with Crippen LogP contribution in [0.4, 0.5) is 29.1 Å². The number of fused-ring (bicyclic) bond motifs is 3. The van der Waals surface area contributed by atoms with Crippen LogP contribution in [0.15, 0.2) is 30.1 Å². The highest BCUT2D eigenvalue weighted by molar-refractivity contribution is 6.34. The van der Waals surface area contributed by atoms with Gasteiger partial charge in [-0.05, 0) is 61.6 Å². The molecule has 49 heavy (non-hydrogen) atoms. The maximum absolute atomic E-state index is 14.1. The van der Waals surface area contributed by atoms with Crippen molar-refractivity contribution < 1.29 is 31.8 Å². The zero-order chi connectivity index (χ0) is 34.7. The van der Waals surface area contributed by atoms with Gasteiger partial charge < -0.3 is 25.0 Å². The van der Waals surface area contributed by atoms with Gasteiger partial charge in [0.15, 0.2) is 5.69 Å². The second kappa shape index (κ2) is 12.7. The molecule has 4 aliphatic rings. The Morgan fingerprint density at radius 3 is 2.78 bits per heavy atom. The molecule has 1 amide bonds. The Morgan fingerprint density at radius 1 is 1.20 bits per heavy atom. The van der Waals surface area contributed by atoms with E-state index in [9.17, 15) is 22.4 Å². The summed E-state index contributed by atoms with van der Waals surface area (Å²) < 4.78 is 70.0. The third-order valence-corrected chi connectivity index (χ3v) is 10.3. The van der Waals surface area contributed by atoms with E-state index in [1.165, 1.54) is 17.0 Å². The molecule has 2 N–H and O–H groups in total. The summed E-state index contributed by atoms with van der Waals surface area (Å²) in [6.07, 6.45) is -1.92. The molecular formula is C33H37ClF4N8O3. The molecule has 4 aliphatic heterocycles. The van der Waals surface area contributed by atoms with Crippen molar-refractivity contribution in [1.82, 2.24) is 29.5 Å². The highest BCUT2D eigenvalue weighted by atomic mass is 35.5. The summed E-state index contributed by atoms with van der Waals surface area (Å²) in [5.74, 6) is 0.189. The highest BCUT2D eigenvalue weighted by Gasteiger charge is 2.47. The molecule has 6 heterocycles. The zero-order valence-electron chi connectivity index (χ0n) is 27.2. The van der Waals surface area contributed by atoms with Gasteiger partial charge in [-0.25, -0.2) is 4.39 Å². The number of hydrogen-bond acceptors (Lipinski definition) is 9. The van der Waals surface area contributed by atoms with E-state index in [0.29, 0.717) is 67.1 Å². The summed E-state index contributed by atoms with van der Waals surface area (Å²) in [7, 11) is 3.26. The van der Waals surface area contributed by atoms with Crippen molar-refractivity contribution in [2.75, 3.05) is 51.0 Å². The summed E-state index contributed by atoms with van der Waals surface area (Å²) in [6.45, 7) is 2.85. The van der Waals surface area contributed by atoms with Crippen molar-refractivity contribution in [3.63, 3.8) is 0 Å². The van der Waals surface area contributed by atoms with Gasteiger partial charge in [-0.15, -0.1) is 0 Å². The molecule has 1 aromatic carbocycles. The summed E-state index contributed by atoms with van der Waals surface area (Å²) >= 11 is 6.75. The topological polar surface area (TPSA) is 115 Å². The first kappa shape index (κ1) is 33.5. The first-order valence-corrected chi connectivity index (χ1v) is 16.6. The number of hydrogen-bond donors (Lipinski definition) is 1. The van der Waals surface area contributed by atoms with E-state index < -0.39 is 17.8 Å².